The van der Waals surface area contributed by atoms with Crippen molar-refractivity contribution in [1.29, 1.82) is 0 Å². The van der Waals surface area contributed by atoms with Crippen LogP contribution in [0.5, 0.6) is 0 Å². The number of ether oxygens (including phenoxy) is 2. The zero-order valence-electron chi connectivity index (χ0n) is 11.8. The van der Waals surface area contributed by atoms with Crippen LogP contribution in [0.2, 0.25) is 5.02 Å². The van der Waals surface area contributed by atoms with Crippen molar-refractivity contribution in [2.24, 2.45) is 5.14 Å². The van der Waals surface area contributed by atoms with Crippen LogP contribution in [0.4, 0.5) is 0 Å². The van der Waals surface area contributed by atoms with Gasteiger partial charge in [-0.05, 0) is 19.9 Å². The number of nitrogens with two attached hydrogens (primary N) is 1. The van der Waals surface area contributed by atoms with Gasteiger partial charge in [-0.3, -0.25) is 4.18 Å². The predicted octanol–water partition coefficient (Wildman–Crippen LogP) is 2.14. The third-order valence-electron chi connectivity index (χ3n) is 3.05. The molecule has 0 amide bonds. The average molecular weight is 336 g/mol. The molecule has 1 aliphatic rings. The maximum atomic E-state index is 10.8. The smallest absolute Gasteiger partial charge is 0.333 e. The molecule has 6 nitrogen and oxygen atoms in total. The molecule has 2 N–H and O–H groups in total. The van der Waals surface area contributed by atoms with Gasteiger partial charge in [-0.15, -0.1) is 0 Å². The standard InChI is InChI=1S/C13H18ClNO5S/c1-13(2)19-11(7-8-18-21(15,16)17)12(20-13)9-5-3-4-6-10(9)14/h3-6,11-12H,7-8H2,1-2H3,(H2,15,16,17). The molecule has 1 aromatic carbocycles. The van der Waals surface area contributed by atoms with E-state index in [0.717, 1.165) is 5.56 Å². The summed E-state index contributed by atoms with van der Waals surface area (Å²) in [7, 11) is -3.96. The molecular weight excluding hydrogens is 318 g/mol. The second kappa shape index (κ2) is 6.20. The Balaban J connectivity index is 2.12. The monoisotopic (exact) mass is 335 g/mol. The summed E-state index contributed by atoms with van der Waals surface area (Å²) < 4.78 is 37.8. The summed E-state index contributed by atoms with van der Waals surface area (Å²) in [6.45, 7) is 3.50. The lowest BCUT2D eigenvalue weighted by Crippen LogP contribution is -2.23. The van der Waals surface area contributed by atoms with Crippen LogP contribution in [-0.4, -0.2) is 26.9 Å². The van der Waals surface area contributed by atoms with E-state index in [4.69, 9.17) is 26.2 Å². The number of rotatable bonds is 5. The Morgan fingerprint density at radius 1 is 1.33 bits per heavy atom. The van der Waals surface area contributed by atoms with E-state index in [1.807, 2.05) is 18.2 Å². The Hall–Kier alpha value is -0.700. The first-order valence-electron chi connectivity index (χ1n) is 6.45. The lowest BCUT2D eigenvalue weighted by molar-refractivity contribution is -0.147. The molecule has 0 aromatic heterocycles. The molecule has 0 radical (unpaired) electrons. The van der Waals surface area contributed by atoms with Crippen LogP contribution in [0, 0.1) is 0 Å². The molecule has 8 heteroatoms. The van der Waals surface area contributed by atoms with Crippen LogP contribution in [0.3, 0.4) is 0 Å². The van der Waals surface area contributed by atoms with Crippen LogP contribution in [0.1, 0.15) is 31.9 Å². The van der Waals surface area contributed by atoms with Gasteiger partial charge in [-0.25, -0.2) is 5.14 Å². The first kappa shape index (κ1) is 16.7. The minimum Gasteiger partial charge on any atom is -0.344 e. The minimum absolute atomic E-state index is 0.0795. The van der Waals surface area contributed by atoms with E-state index in [1.165, 1.54) is 0 Å². The van der Waals surface area contributed by atoms with Crippen LogP contribution in [-0.2, 0) is 24.0 Å². The minimum atomic E-state index is -3.96. The molecule has 1 aliphatic heterocycles. The van der Waals surface area contributed by atoms with Gasteiger partial charge in [0.15, 0.2) is 5.79 Å². The molecular formula is C13H18ClNO5S. The predicted molar refractivity (Wildman–Crippen MR) is 77.9 cm³/mol. The molecule has 0 bridgehead atoms. The molecule has 0 saturated carbocycles. The third kappa shape index (κ3) is 4.64. The van der Waals surface area contributed by atoms with Gasteiger partial charge in [-0.1, -0.05) is 29.8 Å². The number of benzene rings is 1. The molecule has 21 heavy (non-hydrogen) atoms. The van der Waals surface area contributed by atoms with Crippen LogP contribution < -0.4 is 5.14 Å². The number of halogens is 1. The van der Waals surface area contributed by atoms with Crippen LogP contribution >= 0.6 is 11.6 Å². The van der Waals surface area contributed by atoms with E-state index in [0.29, 0.717) is 11.4 Å². The van der Waals surface area contributed by atoms with Crippen LogP contribution in [0.25, 0.3) is 0 Å². The van der Waals surface area contributed by atoms with Gasteiger partial charge >= 0.3 is 10.3 Å². The van der Waals surface area contributed by atoms with E-state index in [-0.39, 0.29) is 12.7 Å². The highest BCUT2D eigenvalue weighted by Gasteiger charge is 2.42. The van der Waals surface area contributed by atoms with Crippen molar-refractivity contribution in [3.63, 3.8) is 0 Å². The Kier molecular flexibility index (Phi) is 4.92. The second-order valence-electron chi connectivity index (χ2n) is 5.22. The van der Waals surface area contributed by atoms with Crippen molar-refractivity contribution in [2.45, 2.75) is 38.3 Å². The third-order valence-corrected chi connectivity index (χ3v) is 3.88. The molecule has 1 aromatic rings. The normalized spacial score (nSPS) is 25.1. The first-order chi connectivity index (χ1) is 9.68. The Morgan fingerprint density at radius 2 is 2.00 bits per heavy atom. The summed E-state index contributed by atoms with van der Waals surface area (Å²) in [5.41, 5.74) is 0.797. The summed E-state index contributed by atoms with van der Waals surface area (Å²) in [4.78, 5) is 0. The molecule has 118 valence electrons. The topological polar surface area (TPSA) is 87.9 Å². The zero-order valence-corrected chi connectivity index (χ0v) is 13.4. The summed E-state index contributed by atoms with van der Waals surface area (Å²) in [5.74, 6) is -0.782. The Morgan fingerprint density at radius 3 is 2.62 bits per heavy atom. The van der Waals surface area contributed by atoms with Crippen molar-refractivity contribution < 1.29 is 22.1 Å². The highest BCUT2D eigenvalue weighted by Crippen LogP contribution is 2.41. The summed E-state index contributed by atoms with van der Waals surface area (Å²) in [5, 5.41) is 5.37. The SMILES string of the molecule is CC1(C)OC(CCOS(N)(=O)=O)C(c2ccccc2Cl)O1. The fraction of sp³-hybridized carbons (Fsp3) is 0.538. The molecule has 1 saturated heterocycles. The molecule has 0 aliphatic carbocycles. The average Bonchev–Trinajstić information content (AvgIpc) is 2.63. The fourth-order valence-corrected chi connectivity index (χ4v) is 2.87. The van der Waals surface area contributed by atoms with E-state index in [1.54, 1.807) is 19.9 Å². The van der Waals surface area contributed by atoms with Gasteiger partial charge in [-0.2, -0.15) is 8.42 Å². The van der Waals surface area contributed by atoms with E-state index in [9.17, 15) is 8.42 Å². The number of hydrogen-bond acceptors (Lipinski definition) is 5. The fourth-order valence-electron chi connectivity index (χ4n) is 2.30. The Labute approximate surface area is 129 Å². The number of hydrogen-bond donors (Lipinski definition) is 1. The highest BCUT2D eigenvalue weighted by atomic mass is 35.5. The summed E-state index contributed by atoms with van der Waals surface area (Å²) in [6, 6.07) is 7.30. The van der Waals surface area contributed by atoms with Gasteiger partial charge in [0.25, 0.3) is 0 Å². The van der Waals surface area contributed by atoms with Gasteiger partial charge in [0.1, 0.15) is 6.10 Å². The van der Waals surface area contributed by atoms with E-state index < -0.39 is 22.2 Å². The highest BCUT2D eigenvalue weighted by molar-refractivity contribution is 7.84. The largest absolute Gasteiger partial charge is 0.344 e. The van der Waals surface area contributed by atoms with Gasteiger partial charge in [0.2, 0.25) is 0 Å². The van der Waals surface area contributed by atoms with Crippen molar-refractivity contribution in [3.8, 4) is 0 Å². The summed E-state index contributed by atoms with van der Waals surface area (Å²) >= 11 is 6.19. The molecule has 2 atom stereocenters. The summed E-state index contributed by atoms with van der Waals surface area (Å²) in [6.07, 6.45) is -0.449. The van der Waals surface area contributed by atoms with Gasteiger partial charge in [0, 0.05) is 17.0 Å². The van der Waals surface area contributed by atoms with Crippen molar-refractivity contribution in [2.75, 3.05) is 6.61 Å². The molecule has 1 fully saturated rings. The van der Waals surface area contributed by atoms with Crippen molar-refractivity contribution >= 4 is 21.9 Å². The maximum absolute atomic E-state index is 10.8. The lowest BCUT2D eigenvalue weighted by Gasteiger charge is -2.18. The van der Waals surface area contributed by atoms with Crippen molar-refractivity contribution in [1.82, 2.24) is 0 Å². The molecule has 2 unspecified atom stereocenters. The van der Waals surface area contributed by atoms with E-state index >= 15 is 0 Å². The Bertz CT molecular complexity index is 604. The molecule has 2 rings (SSSR count). The first-order valence-corrected chi connectivity index (χ1v) is 8.30. The van der Waals surface area contributed by atoms with E-state index in [2.05, 4.69) is 4.18 Å². The molecule has 0 spiro atoms. The van der Waals surface area contributed by atoms with Gasteiger partial charge < -0.3 is 9.47 Å². The lowest BCUT2D eigenvalue weighted by atomic mass is 10.0. The van der Waals surface area contributed by atoms with Crippen molar-refractivity contribution in [3.05, 3.63) is 34.9 Å². The zero-order chi connectivity index (χ0) is 15.7. The van der Waals surface area contributed by atoms with Gasteiger partial charge in [0.05, 0.1) is 12.7 Å². The maximum Gasteiger partial charge on any atom is 0.333 e. The van der Waals surface area contributed by atoms with Crippen LogP contribution in [0.15, 0.2) is 24.3 Å². The molecule has 1 heterocycles. The second-order valence-corrected chi connectivity index (χ2v) is 6.85. The quantitative estimate of drug-likeness (QED) is 0.890.